The SMILES string of the molecule is CNC(=[NH+]C)C1(Cl)CC2CCC1C2.[Cl-]. The van der Waals surface area contributed by atoms with Gasteiger partial charge in [0.15, 0.2) is 0 Å². The molecule has 14 heavy (non-hydrogen) atoms. The highest BCUT2D eigenvalue weighted by Gasteiger charge is 2.55. The smallest absolute Gasteiger partial charge is 0.263 e. The minimum absolute atomic E-state index is 0. The molecule has 4 heteroatoms. The summed E-state index contributed by atoms with van der Waals surface area (Å²) in [5, 5.41) is 3.19. The normalized spacial score (nSPS) is 40.9. The Hall–Kier alpha value is 0.0500. The van der Waals surface area contributed by atoms with Gasteiger partial charge in [0, 0.05) is 0 Å². The molecule has 82 valence electrons. The Balaban J connectivity index is 0.000000980. The standard InChI is InChI=1S/C10H17ClN2.ClH/c1-12-9(13-2)10(11)6-7-3-4-8(10)5-7;/h7-8H,3-6H2,1-2H3,(H,12,13);1H. The fraction of sp³-hybridized carbons (Fsp3) is 0.900. The summed E-state index contributed by atoms with van der Waals surface area (Å²) in [6.45, 7) is 0. The van der Waals surface area contributed by atoms with E-state index in [9.17, 15) is 0 Å². The molecule has 2 N–H and O–H groups in total. The predicted octanol–water partition coefficient (Wildman–Crippen LogP) is -2.88. The predicted molar refractivity (Wildman–Crippen MR) is 55.0 cm³/mol. The van der Waals surface area contributed by atoms with E-state index in [1.165, 1.54) is 19.3 Å². The monoisotopic (exact) mass is 236 g/mol. The fourth-order valence-corrected chi connectivity index (χ4v) is 3.71. The van der Waals surface area contributed by atoms with E-state index in [2.05, 4.69) is 10.3 Å². The third kappa shape index (κ3) is 1.63. The Morgan fingerprint density at radius 3 is 2.57 bits per heavy atom. The summed E-state index contributed by atoms with van der Waals surface area (Å²) in [4.78, 5) is 3.09. The molecule has 0 saturated heterocycles. The molecule has 2 rings (SSSR count). The molecular formula is C10H18Cl2N2. The van der Waals surface area contributed by atoms with Crippen LogP contribution in [0.1, 0.15) is 25.7 Å². The summed E-state index contributed by atoms with van der Waals surface area (Å²) in [5.74, 6) is 2.68. The zero-order valence-corrected chi connectivity index (χ0v) is 10.3. The largest absolute Gasteiger partial charge is 1.00 e. The number of fused-ring (bicyclic) bond motifs is 2. The molecule has 2 bridgehead atoms. The zero-order valence-electron chi connectivity index (χ0n) is 8.74. The summed E-state index contributed by atoms with van der Waals surface area (Å²) in [6.07, 6.45) is 5.17. The molecule has 2 saturated carbocycles. The molecule has 3 unspecified atom stereocenters. The second kappa shape index (κ2) is 4.28. The Bertz CT molecular complexity index is 242. The summed E-state index contributed by atoms with van der Waals surface area (Å²) >= 11 is 6.67. The van der Waals surface area contributed by atoms with Gasteiger partial charge >= 0.3 is 0 Å². The molecule has 0 aromatic rings. The first-order chi connectivity index (χ1) is 6.20. The van der Waals surface area contributed by atoms with Gasteiger partial charge in [0.05, 0.1) is 14.1 Å². The van der Waals surface area contributed by atoms with Gasteiger partial charge in [-0.25, -0.2) is 0 Å². The second-order valence-electron chi connectivity index (χ2n) is 4.32. The number of rotatable bonds is 1. The number of amidine groups is 1. The van der Waals surface area contributed by atoms with Crippen molar-refractivity contribution in [1.82, 2.24) is 5.32 Å². The van der Waals surface area contributed by atoms with Crippen molar-refractivity contribution in [2.24, 2.45) is 11.8 Å². The second-order valence-corrected chi connectivity index (χ2v) is 4.99. The average molecular weight is 237 g/mol. The van der Waals surface area contributed by atoms with Crippen LogP contribution in [0.15, 0.2) is 0 Å². The van der Waals surface area contributed by atoms with Crippen molar-refractivity contribution in [2.45, 2.75) is 30.6 Å². The van der Waals surface area contributed by atoms with Crippen molar-refractivity contribution >= 4 is 17.4 Å². The number of halogens is 2. The van der Waals surface area contributed by atoms with E-state index in [0.29, 0.717) is 5.92 Å². The van der Waals surface area contributed by atoms with Crippen molar-refractivity contribution in [3.8, 4) is 0 Å². The van der Waals surface area contributed by atoms with Gasteiger partial charge in [-0.15, -0.1) is 11.6 Å². The van der Waals surface area contributed by atoms with Crippen molar-refractivity contribution in [3.63, 3.8) is 0 Å². The van der Waals surface area contributed by atoms with Crippen molar-refractivity contribution in [1.29, 1.82) is 0 Å². The zero-order chi connectivity index (χ0) is 9.47. The van der Waals surface area contributed by atoms with E-state index in [0.717, 1.165) is 18.2 Å². The minimum Gasteiger partial charge on any atom is -1.00 e. The molecule has 2 fully saturated rings. The van der Waals surface area contributed by atoms with Gasteiger partial charge in [0.25, 0.3) is 5.84 Å². The van der Waals surface area contributed by atoms with Crippen LogP contribution in [0.5, 0.6) is 0 Å². The van der Waals surface area contributed by atoms with E-state index < -0.39 is 0 Å². The molecule has 3 atom stereocenters. The van der Waals surface area contributed by atoms with Gasteiger partial charge in [-0.2, -0.15) is 0 Å². The summed E-state index contributed by atoms with van der Waals surface area (Å²) in [7, 11) is 3.89. The molecule has 0 radical (unpaired) electrons. The summed E-state index contributed by atoms with van der Waals surface area (Å²) < 4.78 is 0. The van der Waals surface area contributed by atoms with Crippen molar-refractivity contribution in [3.05, 3.63) is 0 Å². The maximum atomic E-state index is 6.67. The van der Waals surface area contributed by atoms with E-state index in [4.69, 9.17) is 11.6 Å². The van der Waals surface area contributed by atoms with Crippen LogP contribution in [0.3, 0.4) is 0 Å². The highest BCUT2D eigenvalue weighted by Crippen LogP contribution is 2.53. The summed E-state index contributed by atoms with van der Waals surface area (Å²) in [5.41, 5.74) is 0. The lowest BCUT2D eigenvalue weighted by atomic mass is 9.87. The molecule has 2 aliphatic rings. The lowest BCUT2D eigenvalue weighted by Gasteiger charge is -2.28. The molecule has 0 heterocycles. The Morgan fingerprint density at radius 1 is 1.50 bits per heavy atom. The van der Waals surface area contributed by atoms with Crippen LogP contribution in [0, 0.1) is 11.8 Å². The first kappa shape index (κ1) is 12.1. The van der Waals surface area contributed by atoms with Gasteiger partial charge in [0.2, 0.25) is 0 Å². The molecule has 2 nitrogen and oxygen atoms in total. The van der Waals surface area contributed by atoms with E-state index in [1.807, 2.05) is 14.1 Å². The minimum atomic E-state index is -0.105. The maximum absolute atomic E-state index is 6.67. The van der Waals surface area contributed by atoms with Crippen molar-refractivity contribution < 1.29 is 17.4 Å². The molecule has 0 amide bonds. The quantitative estimate of drug-likeness (QED) is 0.286. The molecule has 0 spiro atoms. The highest BCUT2D eigenvalue weighted by atomic mass is 35.5. The fourth-order valence-electron chi connectivity index (χ4n) is 3.11. The third-order valence-electron chi connectivity index (χ3n) is 3.69. The molecule has 2 aliphatic carbocycles. The van der Waals surface area contributed by atoms with Crippen LogP contribution >= 0.6 is 11.6 Å². The van der Waals surface area contributed by atoms with E-state index in [1.54, 1.807) is 0 Å². The number of nitrogens with one attached hydrogen (secondary N) is 2. The Labute approximate surface area is 96.9 Å². The Morgan fingerprint density at radius 2 is 2.21 bits per heavy atom. The lowest BCUT2D eigenvalue weighted by molar-refractivity contribution is -0.425. The van der Waals surface area contributed by atoms with E-state index in [-0.39, 0.29) is 17.3 Å². The lowest BCUT2D eigenvalue weighted by Crippen LogP contribution is -3.00. The van der Waals surface area contributed by atoms with Gasteiger partial charge in [-0.1, -0.05) is 6.42 Å². The van der Waals surface area contributed by atoms with Gasteiger partial charge in [-0.3, -0.25) is 10.3 Å². The average Bonchev–Trinajstić information content (AvgIpc) is 2.65. The van der Waals surface area contributed by atoms with E-state index >= 15 is 0 Å². The van der Waals surface area contributed by atoms with Crippen LogP contribution in [0.4, 0.5) is 0 Å². The molecule has 0 aliphatic heterocycles. The van der Waals surface area contributed by atoms with Gasteiger partial charge in [-0.05, 0) is 31.1 Å². The van der Waals surface area contributed by atoms with Crippen molar-refractivity contribution in [2.75, 3.05) is 14.1 Å². The molecular weight excluding hydrogens is 219 g/mol. The third-order valence-corrected chi connectivity index (χ3v) is 4.34. The van der Waals surface area contributed by atoms with Crippen LogP contribution in [-0.2, 0) is 0 Å². The van der Waals surface area contributed by atoms with Crippen LogP contribution < -0.4 is 22.7 Å². The van der Waals surface area contributed by atoms with Crippen LogP contribution in [0.2, 0.25) is 0 Å². The number of hydrogen-bond acceptors (Lipinski definition) is 0. The number of alkyl halides is 1. The molecule has 0 aromatic heterocycles. The van der Waals surface area contributed by atoms with Crippen LogP contribution in [-0.4, -0.2) is 24.8 Å². The highest BCUT2D eigenvalue weighted by molar-refractivity contribution is 6.35. The van der Waals surface area contributed by atoms with Gasteiger partial charge in [0.1, 0.15) is 4.87 Å². The summed E-state index contributed by atoms with van der Waals surface area (Å²) in [6, 6.07) is 0. The first-order valence-electron chi connectivity index (χ1n) is 5.12. The topological polar surface area (TPSA) is 26.0 Å². The first-order valence-corrected chi connectivity index (χ1v) is 5.50. The van der Waals surface area contributed by atoms with Crippen LogP contribution in [0.25, 0.3) is 0 Å². The maximum Gasteiger partial charge on any atom is 0.263 e. The van der Waals surface area contributed by atoms with Gasteiger partial charge < -0.3 is 12.4 Å². The Kier molecular flexibility index (Phi) is 3.70. The molecule has 0 aromatic carbocycles. The number of hydrogen-bond donors (Lipinski definition) is 2.